The fourth-order valence-electron chi connectivity index (χ4n) is 3.94. The Morgan fingerprint density at radius 1 is 1.13 bits per heavy atom. The Labute approximate surface area is 226 Å². The molecular weight excluding hydrogens is 518 g/mol. The summed E-state index contributed by atoms with van der Waals surface area (Å²) in [5.41, 5.74) is 2.87. The summed E-state index contributed by atoms with van der Waals surface area (Å²) < 4.78 is 51.0. The summed E-state index contributed by atoms with van der Waals surface area (Å²) >= 11 is 0. The van der Waals surface area contributed by atoms with Gasteiger partial charge in [-0.15, -0.1) is 0 Å². The SMILES string of the molecule is Cc1cc(F)ccc1CN(C(=O)NCc1ccc(OCC(C)C)cc1)C1CCN(C)CC1.O=C(O)C(F)(F)F. The number of halogens is 4. The first-order chi connectivity index (χ1) is 18.3. The standard InChI is InChI=1S/C26H36FN3O2.C2HF3O2/c1-19(2)18-32-25-9-5-21(6-10-25)16-28-26(31)30(24-11-13-29(4)14-12-24)17-22-7-8-23(27)15-20(22)3;3-2(4,5)1(6)7/h5-10,15,19,24H,11-14,16-18H2,1-4H3,(H,28,31);(H,6,7). The smallest absolute Gasteiger partial charge is 0.490 e. The number of amides is 2. The third kappa shape index (κ3) is 11.1. The van der Waals surface area contributed by atoms with Gasteiger partial charge in [-0.3, -0.25) is 0 Å². The number of alkyl halides is 3. The maximum absolute atomic E-state index is 13.6. The number of aliphatic carboxylic acids is 1. The van der Waals surface area contributed by atoms with E-state index in [2.05, 4.69) is 31.1 Å². The molecule has 7 nitrogen and oxygen atoms in total. The third-order valence-corrected chi connectivity index (χ3v) is 6.23. The summed E-state index contributed by atoms with van der Waals surface area (Å²) in [6, 6.07) is 12.7. The fourth-order valence-corrected chi connectivity index (χ4v) is 3.94. The number of piperidine rings is 1. The van der Waals surface area contributed by atoms with Gasteiger partial charge in [-0.1, -0.05) is 32.0 Å². The van der Waals surface area contributed by atoms with Gasteiger partial charge in [0, 0.05) is 19.1 Å². The van der Waals surface area contributed by atoms with Crippen LogP contribution in [0.15, 0.2) is 42.5 Å². The molecule has 0 bridgehead atoms. The Bertz CT molecular complexity index is 1070. The van der Waals surface area contributed by atoms with Crippen LogP contribution in [0.5, 0.6) is 5.75 Å². The Balaban J connectivity index is 0.000000673. The minimum absolute atomic E-state index is 0.0802. The number of urea groups is 1. The summed E-state index contributed by atoms with van der Waals surface area (Å²) in [6.45, 7) is 9.68. The van der Waals surface area contributed by atoms with Gasteiger partial charge in [-0.2, -0.15) is 13.2 Å². The van der Waals surface area contributed by atoms with Gasteiger partial charge in [0.15, 0.2) is 0 Å². The van der Waals surface area contributed by atoms with Gasteiger partial charge in [0.2, 0.25) is 0 Å². The fraction of sp³-hybridized carbons (Fsp3) is 0.500. The van der Waals surface area contributed by atoms with Crippen molar-refractivity contribution < 1.29 is 37.0 Å². The maximum atomic E-state index is 13.6. The van der Waals surface area contributed by atoms with Gasteiger partial charge < -0.3 is 25.0 Å². The molecule has 1 fully saturated rings. The van der Waals surface area contributed by atoms with Crippen molar-refractivity contribution >= 4 is 12.0 Å². The van der Waals surface area contributed by atoms with E-state index >= 15 is 0 Å². The molecule has 3 rings (SSSR count). The van der Waals surface area contributed by atoms with E-state index in [1.54, 1.807) is 6.07 Å². The highest BCUT2D eigenvalue weighted by Crippen LogP contribution is 2.21. The Morgan fingerprint density at radius 3 is 2.23 bits per heavy atom. The number of benzene rings is 2. The van der Waals surface area contributed by atoms with Crippen molar-refractivity contribution in [3.05, 3.63) is 65.0 Å². The van der Waals surface area contributed by atoms with E-state index in [1.165, 1.54) is 12.1 Å². The van der Waals surface area contributed by atoms with E-state index in [0.29, 0.717) is 25.6 Å². The Kier molecular flexibility index (Phi) is 12.0. The Hall–Kier alpha value is -3.34. The molecular formula is C28H37F4N3O4. The quantitative estimate of drug-likeness (QED) is 0.414. The minimum atomic E-state index is -5.08. The molecule has 2 N–H and O–H groups in total. The van der Waals surface area contributed by atoms with Crippen LogP contribution in [0.4, 0.5) is 22.4 Å². The predicted octanol–water partition coefficient (Wildman–Crippen LogP) is 5.61. The van der Waals surface area contributed by atoms with Crippen LogP contribution in [0.25, 0.3) is 0 Å². The van der Waals surface area contributed by atoms with Gasteiger partial charge in [-0.25, -0.2) is 14.0 Å². The van der Waals surface area contributed by atoms with Crippen molar-refractivity contribution in [3.63, 3.8) is 0 Å². The van der Waals surface area contributed by atoms with Crippen LogP contribution in [-0.4, -0.2) is 65.9 Å². The van der Waals surface area contributed by atoms with Crippen molar-refractivity contribution in [2.24, 2.45) is 5.92 Å². The molecule has 2 amide bonds. The van der Waals surface area contributed by atoms with Crippen molar-refractivity contribution in [1.29, 1.82) is 0 Å². The highest BCUT2D eigenvalue weighted by molar-refractivity contribution is 5.74. The normalized spacial score (nSPS) is 14.4. The number of carboxylic acid groups (broad SMARTS) is 1. The van der Waals surface area contributed by atoms with Crippen molar-refractivity contribution in [2.45, 2.75) is 58.9 Å². The lowest BCUT2D eigenvalue weighted by molar-refractivity contribution is -0.192. The molecule has 216 valence electrons. The zero-order valence-corrected chi connectivity index (χ0v) is 22.7. The number of carbonyl (C=O) groups excluding carboxylic acids is 1. The molecule has 1 aliphatic heterocycles. The first-order valence-electron chi connectivity index (χ1n) is 12.8. The maximum Gasteiger partial charge on any atom is 0.490 e. The lowest BCUT2D eigenvalue weighted by atomic mass is 10.0. The van der Waals surface area contributed by atoms with Crippen molar-refractivity contribution in [3.8, 4) is 5.75 Å². The second-order valence-electron chi connectivity index (χ2n) is 10.0. The summed E-state index contributed by atoms with van der Waals surface area (Å²) in [4.78, 5) is 26.3. The molecule has 39 heavy (non-hydrogen) atoms. The first kappa shape index (κ1) is 31.9. The summed E-state index contributed by atoms with van der Waals surface area (Å²) in [5.74, 6) is -1.69. The van der Waals surface area contributed by atoms with E-state index in [4.69, 9.17) is 14.6 Å². The summed E-state index contributed by atoms with van der Waals surface area (Å²) in [7, 11) is 2.11. The molecule has 1 saturated heterocycles. The number of hydrogen-bond donors (Lipinski definition) is 2. The zero-order chi connectivity index (χ0) is 29.2. The van der Waals surface area contributed by atoms with Gasteiger partial charge in [0.25, 0.3) is 0 Å². The topological polar surface area (TPSA) is 82.1 Å². The van der Waals surface area contributed by atoms with Crippen LogP contribution >= 0.6 is 0 Å². The molecule has 11 heteroatoms. The average Bonchev–Trinajstić information content (AvgIpc) is 2.86. The van der Waals surface area contributed by atoms with E-state index in [-0.39, 0.29) is 17.9 Å². The van der Waals surface area contributed by atoms with Gasteiger partial charge in [0.05, 0.1) is 6.61 Å². The molecule has 0 radical (unpaired) electrons. The van der Waals surface area contributed by atoms with Crippen LogP contribution < -0.4 is 10.1 Å². The lowest BCUT2D eigenvalue weighted by Crippen LogP contribution is -2.49. The largest absolute Gasteiger partial charge is 0.493 e. The molecule has 0 unspecified atom stereocenters. The molecule has 2 aromatic rings. The zero-order valence-electron chi connectivity index (χ0n) is 22.7. The van der Waals surface area contributed by atoms with Crippen LogP contribution in [-0.2, 0) is 17.9 Å². The average molecular weight is 556 g/mol. The van der Waals surface area contributed by atoms with Gasteiger partial charge >= 0.3 is 18.2 Å². The molecule has 0 atom stereocenters. The first-order valence-corrected chi connectivity index (χ1v) is 12.8. The van der Waals surface area contributed by atoms with Crippen LogP contribution in [0.3, 0.4) is 0 Å². The van der Waals surface area contributed by atoms with Crippen LogP contribution in [0, 0.1) is 18.7 Å². The number of nitrogens with zero attached hydrogens (tertiary/aromatic N) is 2. The van der Waals surface area contributed by atoms with Gasteiger partial charge in [-0.05, 0) is 86.8 Å². The van der Waals surface area contributed by atoms with E-state index in [9.17, 15) is 22.4 Å². The molecule has 0 aromatic heterocycles. The third-order valence-electron chi connectivity index (χ3n) is 6.23. The minimum Gasteiger partial charge on any atom is -0.493 e. The number of hydrogen-bond acceptors (Lipinski definition) is 4. The second kappa shape index (κ2) is 14.7. The molecule has 1 heterocycles. The van der Waals surface area contributed by atoms with E-state index in [0.717, 1.165) is 48.4 Å². The second-order valence-corrected chi connectivity index (χ2v) is 10.0. The number of likely N-dealkylation sites (tertiary alicyclic amines) is 1. The monoisotopic (exact) mass is 555 g/mol. The number of carboxylic acids is 1. The number of ether oxygens (including phenoxy) is 1. The molecule has 1 aliphatic rings. The highest BCUT2D eigenvalue weighted by atomic mass is 19.4. The van der Waals surface area contributed by atoms with Gasteiger partial charge in [0.1, 0.15) is 11.6 Å². The predicted molar refractivity (Wildman–Crippen MR) is 140 cm³/mol. The molecule has 2 aromatic carbocycles. The molecule has 0 aliphatic carbocycles. The highest BCUT2D eigenvalue weighted by Gasteiger charge is 2.38. The summed E-state index contributed by atoms with van der Waals surface area (Å²) in [6.07, 6.45) is -3.21. The molecule has 0 spiro atoms. The molecule has 0 saturated carbocycles. The van der Waals surface area contributed by atoms with Crippen LogP contribution in [0.1, 0.15) is 43.4 Å². The van der Waals surface area contributed by atoms with Crippen molar-refractivity contribution in [1.82, 2.24) is 15.1 Å². The summed E-state index contributed by atoms with van der Waals surface area (Å²) in [5, 5.41) is 10.2. The Morgan fingerprint density at radius 2 is 1.72 bits per heavy atom. The number of nitrogens with one attached hydrogen (secondary N) is 1. The van der Waals surface area contributed by atoms with E-state index in [1.807, 2.05) is 36.1 Å². The number of rotatable bonds is 8. The van der Waals surface area contributed by atoms with E-state index < -0.39 is 12.1 Å². The number of carbonyl (C=O) groups is 2. The lowest BCUT2D eigenvalue weighted by Gasteiger charge is -2.37. The number of aryl methyl sites for hydroxylation is 1. The van der Waals surface area contributed by atoms with Crippen LogP contribution in [0.2, 0.25) is 0 Å². The van der Waals surface area contributed by atoms with Crippen molar-refractivity contribution in [2.75, 3.05) is 26.7 Å².